The van der Waals surface area contributed by atoms with E-state index in [0.29, 0.717) is 5.92 Å². The van der Waals surface area contributed by atoms with Gasteiger partial charge in [0.2, 0.25) is 0 Å². The van der Waals surface area contributed by atoms with Crippen LogP contribution in [0.25, 0.3) is 0 Å². The standard InChI is InChI=1S/C18H23ClN2/c1-12(2)14-6-8-15(9-7-14)18(21-20)11-16-5-4-13(3)10-17(16)19/h4-10,12,18,21H,11,20H2,1-3H3. The van der Waals surface area contributed by atoms with Gasteiger partial charge in [-0.3, -0.25) is 11.3 Å². The van der Waals surface area contributed by atoms with Crippen LogP contribution in [0.1, 0.15) is 48.1 Å². The highest BCUT2D eigenvalue weighted by atomic mass is 35.5. The van der Waals surface area contributed by atoms with Crippen LogP contribution in [0.4, 0.5) is 0 Å². The van der Waals surface area contributed by atoms with E-state index in [1.807, 2.05) is 13.0 Å². The quantitative estimate of drug-likeness (QED) is 0.629. The van der Waals surface area contributed by atoms with E-state index in [1.165, 1.54) is 16.7 Å². The molecule has 2 aromatic rings. The summed E-state index contributed by atoms with van der Waals surface area (Å²) >= 11 is 6.32. The van der Waals surface area contributed by atoms with Gasteiger partial charge in [-0.15, -0.1) is 0 Å². The third-order valence-electron chi connectivity index (χ3n) is 3.84. The SMILES string of the molecule is Cc1ccc(CC(NN)c2ccc(C(C)C)cc2)c(Cl)c1. The predicted molar refractivity (Wildman–Crippen MR) is 90.5 cm³/mol. The highest BCUT2D eigenvalue weighted by Crippen LogP contribution is 2.25. The molecule has 0 aliphatic heterocycles. The number of nitrogens with one attached hydrogen (secondary N) is 1. The molecule has 0 aliphatic carbocycles. The smallest absolute Gasteiger partial charge is 0.0500 e. The molecule has 3 heteroatoms. The highest BCUT2D eigenvalue weighted by molar-refractivity contribution is 6.31. The molecule has 1 atom stereocenters. The summed E-state index contributed by atoms with van der Waals surface area (Å²) in [5.41, 5.74) is 7.69. The lowest BCUT2D eigenvalue weighted by atomic mass is 9.95. The highest BCUT2D eigenvalue weighted by Gasteiger charge is 2.13. The normalized spacial score (nSPS) is 12.7. The second-order valence-corrected chi connectivity index (χ2v) is 6.25. The minimum Gasteiger partial charge on any atom is -0.271 e. The summed E-state index contributed by atoms with van der Waals surface area (Å²) in [7, 11) is 0. The Kier molecular flexibility index (Phi) is 5.40. The van der Waals surface area contributed by atoms with Gasteiger partial charge in [0, 0.05) is 5.02 Å². The molecule has 0 aliphatic rings. The van der Waals surface area contributed by atoms with Crippen LogP contribution in [-0.4, -0.2) is 0 Å². The average molecular weight is 303 g/mol. The van der Waals surface area contributed by atoms with Crippen LogP contribution in [0.5, 0.6) is 0 Å². The van der Waals surface area contributed by atoms with E-state index in [1.54, 1.807) is 0 Å². The monoisotopic (exact) mass is 302 g/mol. The first-order chi connectivity index (χ1) is 10.0. The lowest BCUT2D eigenvalue weighted by Gasteiger charge is -2.18. The number of hydrazine groups is 1. The molecule has 2 nitrogen and oxygen atoms in total. The van der Waals surface area contributed by atoms with Gasteiger partial charge in [0.15, 0.2) is 0 Å². The molecular weight excluding hydrogens is 280 g/mol. The van der Waals surface area contributed by atoms with Crippen LogP contribution < -0.4 is 11.3 Å². The molecule has 0 saturated heterocycles. The summed E-state index contributed by atoms with van der Waals surface area (Å²) in [4.78, 5) is 0. The molecule has 2 aromatic carbocycles. The summed E-state index contributed by atoms with van der Waals surface area (Å²) in [6.07, 6.45) is 0.774. The Morgan fingerprint density at radius 3 is 2.19 bits per heavy atom. The molecule has 0 fully saturated rings. The van der Waals surface area contributed by atoms with Gasteiger partial charge in [-0.1, -0.05) is 61.8 Å². The van der Waals surface area contributed by atoms with Crippen molar-refractivity contribution in [2.24, 2.45) is 5.84 Å². The Bertz CT molecular complexity index is 591. The van der Waals surface area contributed by atoms with Crippen LogP contribution in [0.15, 0.2) is 42.5 Å². The van der Waals surface area contributed by atoms with Crippen molar-refractivity contribution in [2.75, 3.05) is 0 Å². The van der Waals surface area contributed by atoms with Crippen LogP contribution in [0.3, 0.4) is 0 Å². The van der Waals surface area contributed by atoms with E-state index >= 15 is 0 Å². The molecule has 2 rings (SSSR count). The van der Waals surface area contributed by atoms with Crippen molar-refractivity contribution < 1.29 is 0 Å². The summed E-state index contributed by atoms with van der Waals surface area (Å²) in [6.45, 7) is 6.43. The van der Waals surface area contributed by atoms with E-state index in [-0.39, 0.29) is 6.04 Å². The Labute approximate surface area is 132 Å². The number of aryl methyl sites for hydroxylation is 1. The summed E-state index contributed by atoms with van der Waals surface area (Å²) in [5, 5.41) is 0.800. The van der Waals surface area contributed by atoms with Crippen molar-refractivity contribution >= 4 is 11.6 Å². The van der Waals surface area contributed by atoms with E-state index in [0.717, 1.165) is 17.0 Å². The van der Waals surface area contributed by atoms with Gasteiger partial charge < -0.3 is 0 Å². The minimum atomic E-state index is 0.0615. The minimum absolute atomic E-state index is 0.0615. The topological polar surface area (TPSA) is 38.0 Å². The average Bonchev–Trinajstić information content (AvgIpc) is 2.47. The first-order valence-corrected chi connectivity index (χ1v) is 7.70. The zero-order valence-electron chi connectivity index (χ0n) is 12.9. The molecule has 0 bridgehead atoms. The summed E-state index contributed by atoms with van der Waals surface area (Å²) in [6, 6.07) is 14.8. The maximum Gasteiger partial charge on any atom is 0.0500 e. The van der Waals surface area contributed by atoms with Crippen molar-refractivity contribution in [2.45, 2.75) is 39.2 Å². The predicted octanol–water partition coefficient (Wildman–Crippen LogP) is 4.52. The van der Waals surface area contributed by atoms with Crippen molar-refractivity contribution in [3.05, 3.63) is 69.7 Å². The van der Waals surface area contributed by atoms with Crippen molar-refractivity contribution in [1.82, 2.24) is 5.43 Å². The van der Waals surface area contributed by atoms with Gasteiger partial charge in [0.1, 0.15) is 0 Å². The van der Waals surface area contributed by atoms with Gasteiger partial charge >= 0.3 is 0 Å². The Balaban J connectivity index is 2.19. The number of hydrogen-bond acceptors (Lipinski definition) is 2. The second kappa shape index (κ2) is 7.08. The molecule has 3 N–H and O–H groups in total. The summed E-state index contributed by atoms with van der Waals surface area (Å²) < 4.78 is 0. The third kappa shape index (κ3) is 4.07. The van der Waals surface area contributed by atoms with Gasteiger partial charge in [-0.25, -0.2) is 0 Å². The van der Waals surface area contributed by atoms with E-state index in [2.05, 4.69) is 55.7 Å². The first kappa shape index (κ1) is 16.0. The maximum absolute atomic E-state index is 6.32. The van der Waals surface area contributed by atoms with Gasteiger partial charge in [-0.2, -0.15) is 0 Å². The molecule has 1 unspecified atom stereocenters. The Morgan fingerprint density at radius 2 is 1.67 bits per heavy atom. The van der Waals surface area contributed by atoms with Crippen molar-refractivity contribution in [1.29, 1.82) is 0 Å². The van der Waals surface area contributed by atoms with Gasteiger partial charge in [0.25, 0.3) is 0 Å². The van der Waals surface area contributed by atoms with E-state index < -0.39 is 0 Å². The number of hydrogen-bond donors (Lipinski definition) is 2. The van der Waals surface area contributed by atoms with Crippen molar-refractivity contribution in [3.63, 3.8) is 0 Å². The lowest BCUT2D eigenvalue weighted by Crippen LogP contribution is -2.29. The van der Waals surface area contributed by atoms with Gasteiger partial charge in [-0.05, 0) is 47.6 Å². The number of halogens is 1. The molecular formula is C18H23ClN2. The number of rotatable bonds is 5. The molecule has 0 heterocycles. The van der Waals surface area contributed by atoms with Crippen molar-refractivity contribution in [3.8, 4) is 0 Å². The fourth-order valence-electron chi connectivity index (χ4n) is 2.42. The molecule has 0 saturated carbocycles. The lowest BCUT2D eigenvalue weighted by molar-refractivity contribution is 0.551. The molecule has 0 spiro atoms. The second-order valence-electron chi connectivity index (χ2n) is 5.84. The maximum atomic E-state index is 6.32. The van der Waals surface area contributed by atoms with Gasteiger partial charge in [0.05, 0.1) is 6.04 Å². The molecule has 0 aromatic heterocycles. The van der Waals surface area contributed by atoms with E-state index in [9.17, 15) is 0 Å². The van der Waals surface area contributed by atoms with Crippen LogP contribution in [0, 0.1) is 6.92 Å². The molecule has 0 radical (unpaired) electrons. The molecule has 0 amide bonds. The largest absolute Gasteiger partial charge is 0.271 e. The zero-order valence-corrected chi connectivity index (χ0v) is 13.6. The summed E-state index contributed by atoms with van der Waals surface area (Å²) in [5.74, 6) is 6.27. The number of benzene rings is 2. The Hall–Kier alpha value is -1.35. The fraction of sp³-hybridized carbons (Fsp3) is 0.333. The zero-order chi connectivity index (χ0) is 15.4. The van der Waals surface area contributed by atoms with Crippen LogP contribution in [0.2, 0.25) is 5.02 Å². The molecule has 112 valence electrons. The fourth-order valence-corrected chi connectivity index (χ4v) is 2.74. The Morgan fingerprint density at radius 1 is 1.05 bits per heavy atom. The van der Waals surface area contributed by atoms with E-state index in [4.69, 9.17) is 17.4 Å². The number of nitrogens with two attached hydrogens (primary N) is 1. The van der Waals surface area contributed by atoms with Crippen LogP contribution >= 0.6 is 11.6 Å². The third-order valence-corrected chi connectivity index (χ3v) is 4.19. The van der Waals surface area contributed by atoms with Crippen LogP contribution in [-0.2, 0) is 6.42 Å². The molecule has 21 heavy (non-hydrogen) atoms. The first-order valence-electron chi connectivity index (χ1n) is 7.32.